The Balaban J connectivity index is 2.06. The molecule has 0 aliphatic heterocycles. The second-order valence-electron chi connectivity index (χ2n) is 4.54. The zero-order valence-corrected chi connectivity index (χ0v) is 12.9. The van der Waals surface area contributed by atoms with Gasteiger partial charge in [-0.2, -0.15) is 0 Å². The van der Waals surface area contributed by atoms with Crippen molar-refractivity contribution in [3.05, 3.63) is 69.9 Å². The van der Waals surface area contributed by atoms with Crippen LogP contribution in [0, 0.1) is 5.82 Å². The number of ether oxygens (including phenoxy) is 1. The van der Waals surface area contributed by atoms with Crippen molar-refractivity contribution >= 4 is 15.9 Å². The third-order valence-corrected chi connectivity index (χ3v) is 3.44. The van der Waals surface area contributed by atoms with Crippen molar-refractivity contribution in [2.75, 3.05) is 13.6 Å². The highest BCUT2D eigenvalue weighted by molar-refractivity contribution is 9.10. The van der Waals surface area contributed by atoms with E-state index in [0.717, 1.165) is 15.6 Å². The summed E-state index contributed by atoms with van der Waals surface area (Å²) in [5.41, 5.74) is 1.92. The Morgan fingerprint density at radius 3 is 2.70 bits per heavy atom. The zero-order chi connectivity index (χ0) is 14.4. The number of nitrogens with one attached hydrogen (secondary N) is 1. The van der Waals surface area contributed by atoms with Gasteiger partial charge < -0.3 is 10.1 Å². The molecule has 0 saturated heterocycles. The summed E-state index contributed by atoms with van der Waals surface area (Å²) in [7, 11) is 1.86. The fourth-order valence-corrected chi connectivity index (χ4v) is 2.44. The summed E-state index contributed by atoms with van der Waals surface area (Å²) in [6, 6.07) is 14.5. The molecule has 2 nitrogen and oxygen atoms in total. The zero-order valence-electron chi connectivity index (χ0n) is 11.3. The molecular weight excluding hydrogens is 321 g/mol. The summed E-state index contributed by atoms with van der Waals surface area (Å²) in [6.45, 7) is 1.12. The lowest BCUT2D eigenvalue weighted by atomic mass is 10.1. The Morgan fingerprint density at radius 2 is 2.00 bits per heavy atom. The summed E-state index contributed by atoms with van der Waals surface area (Å²) in [5, 5.41) is 3.08. The van der Waals surface area contributed by atoms with Gasteiger partial charge in [-0.1, -0.05) is 40.2 Å². The van der Waals surface area contributed by atoms with Gasteiger partial charge in [-0.05, 0) is 42.4 Å². The molecule has 0 aliphatic carbocycles. The molecule has 0 amide bonds. The second kappa shape index (κ2) is 7.53. The van der Waals surface area contributed by atoms with Crippen LogP contribution < -0.4 is 5.32 Å². The van der Waals surface area contributed by atoms with Crippen molar-refractivity contribution in [2.24, 2.45) is 0 Å². The molecule has 0 radical (unpaired) electrons. The molecule has 0 aromatic heterocycles. The Bertz CT molecular complexity index is 562. The third-order valence-electron chi connectivity index (χ3n) is 2.95. The predicted molar refractivity (Wildman–Crippen MR) is 82.0 cm³/mol. The van der Waals surface area contributed by atoms with Crippen LogP contribution in [-0.4, -0.2) is 13.6 Å². The van der Waals surface area contributed by atoms with Gasteiger partial charge in [0.15, 0.2) is 0 Å². The molecule has 4 heteroatoms. The lowest BCUT2D eigenvalue weighted by molar-refractivity contribution is 0.0408. The Hall–Kier alpha value is -1.23. The maximum Gasteiger partial charge on any atom is 0.123 e. The standard InChI is InChI=1S/C16H17BrFNO/c1-19-10-16(13-5-3-7-15(18)9-13)20-11-12-4-2-6-14(17)8-12/h2-9,16,19H,10-11H2,1H3. The van der Waals surface area contributed by atoms with Crippen LogP contribution in [0.4, 0.5) is 4.39 Å². The molecule has 0 spiro atoms. The van der Waals surface area contributed by atoms with Gasteiger partial charge >= 0.3 is 0 Å². The summed E-state index contributed by atoms with van der Waals surface area (Å²) in [4.78, 5) is 0. The number of rotatable bonds is 6. The molecule has 2 rings (SSSR count). The van der Waals surface area contributed by atoms with Crippen LogP contribution in [0.15, 0.2) is 53.0 Å². The van der Waals surface area contributed by atoms with E-state index in [4.69, 9.17) is 4.74 Å². The van der Waals surface area contributed by atoms with E-state index in [-0.39, 0.29) is 11.9 Å². The van der Waals surface area contributed by atoms with Crippen molar-refractivity contribution < 1.29 is 9.13 Å². The van der Waals surface area contributed by atoms with Gasteiger partial charge in [0.05, 0.1) is 12.7 Å². The molecule has 106 valence electrons. The summed E-state index contributed by atoms with van der Waals surface area (Å²) < 4.78 is 20.2. The van der Waals surface area contributed by atoms with E-state index >= 15 is 0 Å². The first-order chi connectivity index (χ1) is 9.69. The molecule has 0 saturated carbocycles. The van der Waals surface area contributed by atoms with Gasteiger partial charge in [0.25, 0.3) is 0 Å². The molecule has 1 N–H and O–H groups in total. The van der Waals surface area contributed by atoms with E-state index < -0.39 is 0 Å². The first-order valence-electron chi connectivity index (χ1n) is 6.45. The SMILES string of the molecule is CNCC(OCc1cccc(Br)c1)c1cccc(F)c1. The van der Waals surface area contributed by atoms with Crippen molar-refractivity contribution in [2.45, 2.75) is 12.7 Å². The average Bonchev–Trinajstić information content (AvgIpc) is 2.43. The van der Waals surface area contributed by atoms with Gasteiger partial charge in [-0.25, -0.2) is 4.39 Å². The van der Waals surface area contributed by atoms with Crippen LogP contribution in [-0.2, 0) is 11.3 Å². The molecular formula is C16H17BrFNO. The molecule has 20 heavy (non-hydrogen) atoms. The number of likely N-dealkylation sites (N-methyl/N-ethyl adjacent to an activating group) is 1. The van der Waals surface area contributed by atoms with Gasteiger partial charge in [0.1, 0.15) is 5.82 Å². The average molecular weight is 338 g/mol. The monoisotopic (exact) mass is 337 g/mol. The quantitative estimate of drug-likeness (QED) is 0.857. The Labute approximate surface area is 127 Å². The molecule has 0 bridgehead atoms. The highest BCUT2D eigenvalue weighted by Gasteiger charge is 2.12. The fourth-order valence-electron chi connectivity index (χ4n) is 1.99. The lowest BCUT2D eigenvalue weighted by Crippen LogP contribution is -2.19. The van der Waals surface area contributed by atoms with Crippen molar-refractivity contribution in [1.82, 2.24) is 5.32 Å². The second-order valence-corrected chi connectivity index (χ2v) is 5.46. The highest BCUT2D eigenvalue weighted by Crippen LogP contribution is 2.20. The van der Waals surface area contributed by atoms with E-state index in [2.05, 4.69) is 21.2 Å². The molecule has 2 aromatic rings. The topological polar surface area (TPSA) is 21.3 Å². The van der Waals surface area contributed by atoms with Gasteiger partial charge in [-0.15, -0.1) is 0 Å². The smallest absolute Gasteiger partial charge is 0.123 e. The van der Waals surface area contributed by atoms with Crippen LogP contribution in [0.2, 0.25) is 0 Å². The first-order valence-corrected chi connectivity index (χ1v) is 7.24. The summed E-state index contributed by atoms with van der Waals surface area (Å²) in [6.07, 6.45) is -0.172. The molecule has 0 fully saturated rings. The van der Waals surface area contributed by atoms with Gasteiger partial charge in [-0.3, -0.25) is 0 Å². The molecule has 1 unspecified atom stereocenters. The number of hydrogen-bond donors (Lipinski definition) is 1. The van der Waals surface area contributed by atoms with Crippen LogP contribution in [0.1, 0.15) is 17.2 Å². The van der Waals surface area contributed by atoms with Crippen LogP contribution in [0.25, 0.3) is 0 Å². The Kier molecular flexibility index (Phi) is 5.71. The van der Waals surface area contributed by atoms with E-state index in [9.17, 15) is 4.39 Å². The minimum atomic E-state index is -0.241. The van der Waals surface area contributed by atoms with E-state index in [1.807, 2.05) is 37.4 Å². The van der Waals surface area contributed by atoms with Crippen molar-refractivity contribution in [3.8, 4) is 0 Å². The first kappa shape index (κ1) is 15.2. The van der Waals surface area contributed by atoms with Gasteiger partial charge in [0, 0.05) is 11.0 Å². The van der Waals surface area contributed by atoms with E-state index in [0.29, 0.717) is 13.2 Å². The molecule has 1 atom stereocenters. The predicted octanol–water partition coefficient (Wildman–Crippen LogP) is 4.07. The molecule has 0 heterocycles. The molecule has 0 aliphatic rings. The largest absolute Gasteiger partial charge is 0.368 e. The molecule has 2 aromatic carbocycles. The van der Waals surface area contributed by atoms with Crippen LogP contribution in [0.5, 0.6) is 0 Å². The summed E-state index contributed by atoms with van der Waals surface area (Å²) >= 11 is 3.44. The van der Waals surface area contributed by atoms with Crippen molar-refractivity contribution in [1.29, 1.82) is 0 Å². The van der Waals surface area contributed by atoms with Gasteiger partial charge in [0.2, 0.25) is 0 Å². The van der Waals surface area contributed by atoms with Crippen molar-refractivity contribution in [3.63, 3.8) is 0 Å². The summed E-state index contributed by atoms with van der Waals surface area (Å²) in [5.74, 6) is -0.241. The number of benzene rings is 2. The van der Waals surface area contributed by atoms with Crippen LogP contribution in [0.3, 0.4) is 0 Å². The number of hydrogen-bond acceptors (Lipinski definition) is 2. The fraction of sp³-hybridized carbons (Fsp3) is 0.250. The maximum absolute atomic E-state index is 13.3. The van der Waals surface area contributed by atoms with Crippen LogP contribution >= 0.6 is 15.9 Å². The number of halogens is 2. The van der Waals surface area contributed by atoms with E-state index in [1.54, 1.807) is 6.07 Å². The maximum atomic E-state index is 13.3. The minimum absolute atomic E-state index is 0.172. The van der Waals surface area contributed by atoms with E-state index in [1.165, 1.54) is 12.1 Å². The lowest BCUT2D eigenvalue weighted by Gasteiger charge is -2.18. The Morgan fingerprint density at radius 1 is 1.20 bits per heavy atom. The highest BCUT2D eigenvalue weighted by atomic mass is 79.9. The normalized spacial score (nSPS) is 12.3. The third kappa shape index (κ3) is 4.40. The minimum Gasteiger partial charge on any atom is -0.368 e.